The SMILES string of the molecule is CCCCCCCCc1ccc(O)c(C(=O)NNC(=O)C(CC)CC(CCCCC)C(=O)NNC(=O)c2cc(CCCCCCCC)ccc2O)c1. The molecule has 0 aliphatic rings. The molecule has 2 rings (SSSR count). The fourth-order valence-corrected chi connectivity index (χ4v) is 6.43. The Morgan fingerprint density at radius 1 is 0.519 bits per heavy atom. The van der Waals surface area contributed by atoms with Crippen LogP contribution in [0.15, 0.2) is 36.4 Å². The second-order valence-corrected chi connectivity index (χ2v) is 14.2. The van der Waals surface area contributed by atoms with Crippen molar-refractivity contribution < 1.29 is 29.4 Å². The molecule has 2 atom stereocenters. The summed E-state index contributed by atoms with van der Waals surface area (Å²) in [5.74, 6) is -3.60. The van der Waals surface area contributed by atoms with Crippen LogP contribution in [0.5, 0.6) is 11.5 Å². The van der Waals surface area contributed by atoms with E-state index < -0.39 is 35.5 Å². The third-order valence-electron chi connectivity index (χ3n) is 9.81. The quantitative estimate of drug-likeness (QED) is 0.0445. The highest BCUT2D eigenvalue weighted by atomic mass is 16.3. The highest BCUT2D eigenvalue weighted by molar-refractivity contribution is 5.99. The maximum absolute atomic E-state index is 13.4. The number of carbonyl (C=O) groups is 4. The molecule has 4 amide bonds. The van der Waals surface area contributed by atoms with Crippen molar-refractivity contribution in [1.82, 2.24) is 21.7 Å². The maximum atomic E-state index is 13.4. The molecule has 2 unspecified atom stereocenters. The average molecular weight is 723 g/mol. The van der Waals surface area contributed by atoms with Crippen molar-refractivity contribution in [3.63, 3.8) is 0 Å². The highest BCUT2D eigenvalue weighted by Crippen LogP contribution is 2.24. The van der Waals surface area contributed by atoms with Crippen LogP contribution >= 0.6 is 0 Å². The zero-order valence-electron chi connectivity index (χ0n) is 32.3. The lowest BCUT2D eigenvalue weighted by Crippen LogP contribution is -2.47. The number of benzene rings is 2. The molecule has 2 aromatic rings. The van der Waals surface area contributed by atoms with Crippen molar-refractivity contribution in [3.05, 3.63) is 58.7 Å². The van der Waals surface area contributed by atoms with Gasteiger partial charge in [-0.2, -0.15) is 0 Å². The number of hydrazine groups is 2. The zero-order valence-corrected chi connectivity index (χ0v) is 32.3. The maximum Gasteiger partial charge on any atom is 0.273 e. The first-order valence-corrected chi connectivity index (χ1v) is 20.0. The summed E-state index contributed by atoms with van der Waals surface area (Å²) in [6, 6.07) is 9.97. The summed E-state index contributed by atoms with van der Waals surface area (Å²) >= 11 is 0. The van der Waals surface area contributed by atoms with Crippen LogP contribution in [-0.2, 0) is 22.4 Å². The predicted octanol–water partition coefficient (Wildman–Crippen LogP) is 8.74. The molecular weight excluding hydrogens is 656 g/mol. The van der Waals surface area contributed by atoms with Gasteiger partial charge in [0, 0.05) is 11.8 Å². The Bertz CT molecular complexity index is 1380. The second-order valence-electron chi connectivity index (χ2n) is 14.2. The van der Waals surface area contributed by atoms with E-state index >= 15 is 0 Å². The largest absolute Gasteiger partial charge is 0.507 e. The molecule has 52 heavy (non-hydrogen) atoms. The Labute approximate surface area is 312 Å². The zero-order chi connectivity index (χ0) is 38.1. The van der Waals surface area contributed by atoms with Gasteiger partial charge in [-0.25, -0.2) is 0 Å². The van der Waals surface area contributed by atoms with Crippen LogP contribution in [0.25, 0.3) is 0 Å². The molecule has 0 radical (unpaired) electrons. The van der Waals surface area contributed by atoms with Crippen molar-refractivity contribution in [2.45, 2.75) is 156 Å². The van der Waals surface area contributed by atoms with Gasteiger partial charge >= 0.3 is 0 Å². The van der Waals surface area contributed by atoms with Gasteiger partial charge < -0.3 is 10.2 Å². The number of carbonyl (C=O) groups excluding carboxylic acids is 4. The van der Waals surface area contributed by atoms with Gasteiger partial charge in [0.2, 0.25) is 11.8 Å². The summed E-state index contributed by atoms with van der Waals surface area (Å²) in [6.07, 6.45) is 19.3. The number of hydrogen-bond donors (Lipinski definition) is 6. The Balaban J connectivity index is 1.97. The molecular formula is C42H66N4O6. The molecule has 0 fully saturated rings. The molecule has 290 valence electrons. The average Bonchev–Trinajstić information content (AvgIpc) is 3.14. The number of nitrogens with one attached hydrogen (secondary N) is 4. The van der Waals surface area contributed by atoms with Gasteiger partial charge in [0.15, 0.2) is 0 Å². The third-order valence-corrected chi connectivity index (χ3v) is 9.81. The number of hydrogen-bond acceptors (Lipinski definition) is 6. The van der Waals surface area contributed by atoms with E-state index in [1.165, 1.54) is 63.5 Å². The molecule has 6 N–H and O–H groups in total. The lowest BCUT2D eigenvalue weighted by Gasteiger charge is -2.22. The molecule has 0 saturated carbocycles. The molecule has 0 aliphatic carbocycles. The van der Waals surface area contributed by atoms with Gasteiger partial charge in [-0.3, -0.25) is 40.9 Å². The van der Waals surface area contributed by atoms with E-state index in [4.69, 9.17) is 0 Å². The Kier molecular flexibility index (Phi) is 21.9. The first-order chi connectivity index (χ1) is 25.1. The highest BCUT2D eigenvalue weighted by Gasteiger charge is 2.27. The summed E-state index contributed by atoms with van der Waals surface area (Å²) in [7, 11) is 0. The van der Waals surface area contributed by atoms with Crippen LogP contribution in [0.3, 0.4) is 0 Å². The van der Waals surface area contributed by atoms with E-state index in [1.54, 1.807) is 12.1 Å². The number of aromatic hydroxyl groups is 2. The topological polar surface area (TPSA) is 157 Å². The van der Waals surface area contributed by atoms with E-state index in [9.17, 15) is 29.4 Å². The molecule has 0 aromatic heterocycles. The monoisotopic (exact) mass is 722 g/mol. The van der Waals surface area contributed by atoms with Gasteiger partial charge in [0.25, 0.3) is 11.8 Å². The summed E-state index contributed by atoms with van der Waals surface area (Å²) in [5, 5.41) is 20.8. The van der Waals surface area contributed by atoms with E-state index in [-0.39, 0.29) is 29.0 Å². The van der Waals surface area contributed by atoms with Gasteiger partial charge in [-0.15, -0.1) is 0 Å². The number of amides is 4. The lowest BCUT2D eigenvalue weighted by atomic mass is 9.88. The molecule has 0 bridgehead atoms. The van der Waals surface area contributed by atoms with E-state index in [0.29, 0.717) is 12.8 Å². The van der Waals surface area contributed by atoms with Crippen molar-refractivity contribution in [3.8, 4) is 11.5 Å². The van der Waals surface area contributed by atoms with Gasteiger partial charge in [0.05, 0.1) is 11.1 Å². The standard InChI is InChI=1S/C42H66N4O6/c1-5-9-12-14-16-19-21-31-24-26-37(47)35(28-31)41(51)45-43-39(49)33(8-4)30-34(23-18-11-7-3)40(50)44-46-42(52)36-29-32(25-27-38(36)48)22-20-17-15-13-10-6-2/h24-29,33-34,47-48H,5-23,30H2,1-4H3,(H,43,49)(H,44,50)(H,45,51)(H,46,52). The minimum atomic E-state index is -0.621. The van der Waals surface area contributed by atoms with E-state index in [0.717, 1.165) is 68.9 Å². The number of unbranched alkanes of at least 4 members (excludes halogenated alkanes) is 12. The van der Waals surface area contributed by atoms with Crippen LogP contribution in [0.1, 0.15) is 175 Å². The fraction of sp³-hybridized carbons (Fsp3) is 0.619. The summed E-state index contributed by atoms with van der Waals surface area (Å²) in [6.45, 7) is 8.28. The van der Waals surface area contributed by atoms with Crippen molar-refractivity contribution in [2.24, 2.45) is 11.8 Å². The summed E-state index contributed by atoms with van der Waals surface area (Å²) in [5.41, 5.74) is 12.0. The van der Waals surface area contributed by atoms with E-state index in [2.05, 4.69) is 42.5 Å². The third kappa shape index (κ3) is 16.5. The Morgan fingerprint density at radius 2 is 0.923 bits per heavy atom. The Hall–Kier alpha value is -4.08. The number of rotatable bonds is 25. The molecule has 0 heterocycles. The Morgan fingerprint density at radius 3 is 1.37 bits per heavy atom. The molecule has 10 nitrogen and oxygen atoms in total. The number of phenols is 2. The van der Waals surface area contributed by atoms with Gasteiger partial charge in [-0.1, -0.05) is 123 Å². The van der Waals surface area contributed by atoms with Crippen LogP contribution < -0.4 is 21.7 Å². The predicted molar refractivity (Wildman–Crippen MR) is 208 cm³/mol. The first-order valence-electron chi connectivity index (χ1n) is 20.0. The van der Waals surface area contributed by atoms with Crippen molar-refractivity contribution in [2.75, 3.05) is 0 Å². The smallest absolute Gasteiger partial charge is 0.273 e. The molecule has 2 aromatic carbocycles. The second kappa shape index (κ2) is 25.8. The van der Waals surface area contributed by atoms with Gasteiger partial charge in [0.1, 0.15) is 11.5 Å². The van der Waals surface area contributed by atoms with Gasteiger partial charge in [-0.05, 0) is 80.3 Å². The number of aryl methyl sites for hydroxylation is 2. The minimum absolute atomic E-state index is 0.0865. The molecule has 0 aliphatic heterocycles. The van der Waals surface area contributed by atoms with Crippen LogP contribution in [0.4, 0.5) is 0 Å². The van der Waals surface area contributed by atoms with Crippen LogP contribution in [0.2, 0.25) is 0 Å². The van der Waals surface area contributed by atoms with Crippen molar-refractivity contribution >= 4 is 23.6 Å². The molecule has 0 saturated heterocycles. The minimum Gasteiger partial charge on any atom is -0.507 e. The van der Waals surface area contributed by atoms with Crippen molar-refractivity contribution in [1.29, 1.82) is 0 Å². The summed E-state index contributed by atoms with van der Waals surface area (Å²) in [4.78, 5) is 52.7. The number of phenolic OH excluding ortho intramolecular Hbond substituents is 2. The van der Waals surface area contributed by atoms with Crippen LogP contribution in [-0.4, -0.2) is 33.8 Å². The summed E-state index contributed by atoms with van der Waals surface area (Å²) < 4.78 is 0. The fourth-order valence-electron chi connectivity index (χ4n) is 6.43. The molecule has 10 heteroatoms. The first kappa shape index (κ1) is 44.1. The van der Waals surface area contributed by atoms with Crippen LogP contribution in [0, 0.1) is 11.8 Å². The van der Waals surface area contributed by atoms with E-state index in [1.807, 2.05) is 19.1 Å². The lowest BCUT2D eigenvalue weighted by molar-refractivity contribution is -0.129. The molecule has 0 spiro atoms. The normalized spacial score (nSPS) is 12.2.